The monoisotopic (exact) mass is 1530 g/mol. The van der Waals surface area contributed by atoms with E-state index in [1.54, 1.807) is 55.6 Å². The highest BCUT2D eigenvalue weighted by Gasteiger charge is 2.28. The lowest BCUT2D eigenvalue weighted by Gasteiger charge is -2.30. The molecule has 110 heavy (non-hydrogen) atoms. The van der Waals surface area contributed by atoms with Gasteiger partial charge in [-0.2, -0.15) is 0 Å². The molecule has 0 radical (unpaired) electrons. The van der Waals surface area contributed by atoms with Crippen LogP contribution in [0.15, 0.2) is 276 Å². The molecule has 0 amide bonds. The van der Waals surface area contributed by atoms with Crippen LogP contribution < -0.4 is 18.9 Å². The number of hydrogen-bond acceptors (Lipinski definition) is 14. The molecule has 1 aliphatic heterocycles. The lowest BCUT2D eigenvalue weighted by molar-refractivity contribution is -0.150. The first-order valence-corrected chi connectivity index (χ1v) is 41.4. The quantitative estimate of drug-likeness (QED) is 0.0250. The summed E-state index contributed by atoms with van der Waals surface area (Å²) in [6.45, 7) is 21.9. The summed E-state index contributed by atoms with van der Waals surface area (Å²) in [6.07, 6.45) is 17.7. The van der Waals surface area contributed by atoms with E-state index in [0.29, 0.717) is 29.3 Å². The Labute approximate surface area is 659 Å². The fraction of sp³-hybridized carbons (Fsp3) is 0.351. The first-order chi connectivity index (χ1) is 53.2. The zero-order valence-corrected chi connectivity index (χ0v) is 68.0. The van der Waals surface area contributed by atoms with Crippen molar-refractivity contribution < 1.29 is 66.2 Å². The Morgan fingerprint density at radius 3 is 1.05 bits per heavy atom. The van der Waals surface area contributed by atoms with Crippen LogP contribution in [-0.2, 0) is 80.2 Å². The van der Waals surface area contributed by atoms with Crippen molar-refractivity contribution in [1.82, 2.24) is 0 Å². The van der Waals surface area contributed by atoms with Gasteiger partial charge in [-0.15, -0.1) is 0 Å². The molecule has 2 aliphatic rings. The minimum absolute atomic E-state index is 0.0146. The van der Waals surface area contributed by atoms with Gasteiger partial charge in [0.2, 0.25) is 6.29 Å². The molecule has 16 heteroatoms. The smallest absolute Gasteiger partial charge is 0.418 e. The molecule has 3 atom stereocenters. The number of aryl methyl sites for hydroxylation is 7. The maximum absolute atomic E-state index is 10.7. The summed E-state index contributed by atoms with van der Waals surface area (Å²) >= 11 is 0. The van der Waals surface area contributed by atoms with Gasteiger partial charge in [0.25, 0.3) is 0 Å². The van der Waals surface area contributed by atoms with Crippen LogP contribution in [0.3, 0.4) is 0 Å². The summed E-state index contributed by atoms with van der Waals surface area (Å²) in [5.74, 6) is 4.12. The van der Waals surface area contributed by atoms with E-state index < -0.39 is 15.4 Å². The van der Waals surface area contributed by atoms with E-state index in [1.165, 1.54) is 98.7 Å². The number of methoxy groups -OCH3 is 1. The van der Waals surface area contributed by atoms with Gasteiger partial charge in [-0.3, -0.25) is 0 Å². The van der Waals surface area contributed by atoms with Crippen molar-refractivity contribution in [3.05, 3.63) is 300 Å². The van der Waals surface area contributed by atoms with Crippen molar-refractivity contribution >= 4 is 26.3 Å². The van der Waals surface area contributed by atoms with Crippen LogP contribution in [0.4, 0.5) is 4.79 Å². The molecule has 1 saturated heterocycles. The van der Waals surface area contributed by atoms with E-state index in [1.807, 2.05) is 74.5 Å². The molecule has 14 nitrogen and oxygen atoms in total. The van der Waals surface area contributed by atoms with Crippen LogP contribution in [0.25, 0.3) is 0 Å². The molecule has 590 valence electrons. The number of hydrogen-bond donors (Lipinski definition) is 3. The topological polar surface area (TPSA) is 200 Å². The highest BCUT2D eigenvalue weighted by Crippen LogP contribution is 2.31. The first kappa shape index (κ1) is 91.2. The predicted molar refractivity (Wildman–Crippen MR) is 446 cm³/mol. The normalized spacial score (nSPS) is 13.5. The molecule has 12 rings (SSSR count). The summed E-state index contributed by atoms with van der Waals surface area (Å²) in [6, 6.07) is 85.0. The Hall–Kier alpha value is -9.39. The van der Waals surface area contributed by atoms with E-state index in [-0.39, 0.29) is 35.5 Å². The molecular formula is C94H118O14S2. The molecule has 0 bridgehead atoms. The second kappa shape index (κ2) is 52.7. The van der Waals surface area contributed by atoms with Crippen molar-refractivity contribution in [3.63, 3.8) is 0 Å². The third-order valence-electron chi connectivity index (χ3n) is 17.6. The average molecular weight is 1540 g/mol. The second-order valence-electron chi connectivity index (χ2n) is 26.3. The number of rotatable bonds is 22. The lowest BCUT2D eigenvalue weighted by Crippen LogP contribution is -2.32. The van der Waals surface area contributed by atoms with Crippen molar-refractivity contribution in [2.75, 3.05) is 13.7 Å². The van der Waals surface area contributed by atoms with Gasteiger partial charge < -0.3 is 53.0 Å². The van der Waals surface area contributed by atoms with E-state index in [0.717, 1.165) is 93.6 Å². The fourth-order valence-electron chi connectivity index (χ4n) is 10.9. The second-order valence-corrected chi connectivity index (χ2v) is 29.6. The van der Waals surface area contributed by atoms with Crippen molar-refractivity contribution in [2.24, 2.45) is 5.92 Å². The zero-order chi connectivity index (χ0) is 79.7. The van der Waals surface area contributed by atoms with Gasteiger partial charge in [-0.1, -0.05) is 228 Å². The number of aromatic hydroxyl groups is 3. The fourth-order valence-corrected chi connectivity index (χ4v) is 13.2. The number of benzene rings is 10. The van der Waals surface area contributed by atoms with E-state index in [4.69, 9.17) is 43.7 Å². The Kier molecular flexibility index (Phi) is 43.7. The summed E-state index contributed by atoms with van der Waals surface area (Å²) in [5.41, 5.74) is 8.79. The summed E-state index contributed by atoms with van der Waals surface area (Å²) < 4.78 is 69.2. The maximum Gasteiger partial charge on any atom is 0.418 e. The van der Waals surface area contributed by atoms with Crippen molar-refractivity contribution in [1.29, 1.82) is 0 Å². The van der Waals surface area contributed by atoms with Gasteiger partial charge in [-0.05, 0) is 231 Å². The Morgan fingerprint density at radius 1 is 0.427 bits per heavy atom. The van der Waals surface area contributed by atoms with Gasteiger partial charge in [0.1, 0.15) is 40.2 Å². The minimum atomic E-state index is -5.03. The molecule has 0 aromatic heterocycles. The van der Waals surface area contributed by atoms with Crippen LogP contribution in [0.1, 0.15) is 166 Å². The lowest BCUT2D eigenvalue weighted by atomic mass is 9.97. The first-order valence-electron chi connectivity index (χ1n) is 38.8. The average Bonchev–Trinajstić information content (AvgIpc) is 0.816. The zero-order valence-electron chi connectivity index (χ0n) is 66.4. The van der Waals surface area contributed by atoms with Gasteiger partial charge in [0.05, 0.1) is 23.6 Å². The summed E-state index contributed by atoms with van der Waals surface area (Å²) in [5, 5.41) is 24.8. The standard InChI is InChI=1S/C18H28O2.C18H15S.C13H18O2.C12H18O2.C9H10O5S.3C8H10O/c1-4-15-10-12-17(13-11-15)20-18(14(2)3)19-16-8-6-5-7-9-16;1-4-10-16(11-5-1)19(17-12-6-2-7-13-17)18-14-8-3-9-15-18;1-2-11-6-8-12(9-7-11)15-13-5-3-4-10-14-13;1-4-10-6-8-11(9-7-10)14-12(5-2)13-3;1-2-7-3-5-8(6-4-7)14-9(10)15(11,12)13;3*1-2-7-3-5-8(9)6-4-7/h10-14,16,18H,4-9H2,1-3H3;1-15H;6-9,13H,2-5,10H2,1H3;6-9,12H,4-5H2,1-3H3;3-6H,2H2,1H3,(H,11,12,13);3*3-6,9H,2H2,1H3/q;+1;;;;;;/p-1. The Bertz CT molecular complexity index is 3900. The SMILES string of the molecule is CCc1ccc(O)cc1.CCc1ccc(O)cc1.CCc1ccc(O)cc1.CCc1ccc(OC(=O)S(=O)(=O)[O-])cc1.CCc1ccc(OC(CC)OC)cc1.CCc1ccc(OC(OC2CCCCC2)C(C)C)cc1.CCc1ccc(OC2CCCCO2)cc1.c1ccc([S+](c2ccccc2)c2ccccc2)cc1. The van der Waals surface area contributed by atoms with Crippen LogP contribution in [0, 0.1) is 5.92 Å². The van der Waals surface area contributed by atoms with Crippen molar-refractivity contribution in [3.8, 4) is 40.2 Å². The molecule has 3 unspecified atom stereocenters. The van der Waals surface area contributed by atoms with Gasteiger partial charge in [-0.25, -0.2) is 13.2 Å². The van der Waals surface area contributed by atoms with Crippen LogP contribution in [0.5, 0.6) is 40.2 Å². The molecule has 10 aromatic carbocycles. The van der Waals surface area contributed by atoms with E-state index in [9.17, 15) is 17.8 Å². The largest absolute Gasteiger partial charge is 0.739 e. The Balaban J connectivity index is 0.000000229. The number of phenols is 3. The van der Waals surface area contributed by atoms with Crippen LogP contribution in [-0.4, -0.2) is 72.3 Å². The summed E-state index contributed by atoms with van der Waals surface area (Å²) in [7, 11) is -3.38. The third-order valence-corrected chi connectivity index (χ3v) is 20.4. The number of carbonyl (C=O) groups excluding carboxylic acids is 1. The molecule has 1 aliphatic carbocycles. The van der Waals surface area contributed by atoms with E-state index in [2.05, 4.69) is 200 Å². The van der Waals surface area contributed by atoms with Gasteiger partial charge in [0.15, 0.2) is 37.4 Å². The van der Waals surface area contributed by atoms with Gasteiger partial charge in [0, 0.05) is 25.9 Å². The number of phenolic OH excluding ortho intramolecular Hbond substituents is 3. The van der Waals surface area contributed by atoms with Crippen LogP contribution in [0.2, 0.25) is 0 Å². The highest BCUT2D eigenvalue weighted by molar-refractivity contribution is 8.00. The predicted octanol–water partition coefficient (Wildman–Crippen LogP) is 23.1. The molecule has 0 spiro atoms. The number of carbonyl (C=O) groups is 1. The molecule has 10 aromatic rings. The molecule has 1 heterocycles. The molecular weight excluding hydrogens is 1420 g/mol. The van der Waals surface area contributed by atoms with Crippen molar-refractivity contribution in [2.45, 2.75) is 212 Å². The van der Waals surface area contributed by atoms with E-state index >= 15 is 0 Å². The van der Waals surface area contributed by atoms with Gasteiger partial charge >= 0.3 is 5.30 Å². The number of ether oxygens (including phenoxy) is 7. The molecule has 1 saturated carbocycles. The summed E-state index contributed by atoms with van der Waals surface area (Å²) in [4.78, 5) is 14.7. The minimum Gasteiger partial charge on any atom is -0.739 e. The molecule has 3 N–H and O–H groups in total. The highest BCUT2D eigenvalue weighted by atomic mass is 32.2. The van der Waals surface area contributed by atoms with Crippen LogP contribution >= 0.6 is 0 Å². The maximum atomic E-state index is 10.7. The Morgan fingerprint density at radius 2 is 0.745 bits per heavy atom. The third kappa shape index (κ3) is 36.4. The molecule has 2 fully saturated rings.